The smallest absolute Gasteiger partial charge is 0.226 e. The standard InChI is InChI=1S/C17H26N2O2/c1-13-3-2-4-16(11-13)21-10-9-17(20)19-15-7-5-14(12-18)6-8-15/h5-8,13,16H,2-4,9-12,18H2,1H3,(H,19,20). The van der Waals surface area contributed by atoms with Crippen LogP contribution in [0.5, 0.6) is 0 Å². The molecule has 3 N–H and O–H groups in total. The molecule has 0 bridgehead atoms. The number of nitrogens with one attached hydrogen (secondary N) is 1. The zero-order chi connectivity index (χ0) is 15.1. The van der Waals surface area contributed by atoms with E-state index >= 15 is 0 Å². The van der Waals surface area contributed by atoms with Crippen molar-refractivity contribution in [1.82, 2.24) is 0 Å². The van der Waals surface area contributed by atoms with E-state index in [2.05, 4.69) is 12.2 Å². The minimum atomic E-state index is -0.000596. The molecule has 0 aliphatic heterocycles. The van der Waals surface area contributed by atoms with Gasteiger partial charge in [-0.25, -0.2) is 0 Å². The summed E-state index contributed by atoms with van der Waals surface area (Å²) >= 11 is 0. The Balaban J connectivity index is 1.67. The van der Waals surface area contributed by atoms with E-state index in [1.807, 2.05) is 24.3 Å². The molecular weight excluding hydrogens is 264 g/mol. The Bertz CT molecular complexity index is 445. The molecule has 1 aliphatic carbocycles. The summed E-state index contributed by atoms with van der Waals surface area (Å²) in [5.41, 5.74) is 7.41. The van der Waals surface area contributed by atoms with E-state index in [4.69, 9.17) is 10.5 Å². The second-order valence-electron chi connectivity index (χ2n) is 5.96. The molecule has 2 rings (SSSR count). The Kier molecular flexibility index (Phi) is 6.21. The SMILES string of the molecule is CC1CCCC(OCCC(=O)Nc2ccc(CN)cc2)C1. The van der Waals surface area contributed by atoms with Gasteiger partial charge in [0.2, 0.25) is 5.91 Å². The Hall–Kier alpha value is -1.39. The van der Waals surface area contributed by atoms with Crippen molar-refractivity contribution in [3.05, 3.63) is 29.8 Å². The van der Waals surface area contributed by atoms with E-state index in [0.717, 1.165) is 30.0 Å². The van der Waals surface area contributed by atoms with E-state index in [0.29, 0.717) is 25.7 Å². The van der Waals surface area contributed by atoms with E-state index in [-0.39, 0.29) is 5.91 Å². The van der Waals surface area contributed by atoms with Crippen molar-refractivity contribution in [3.8, 4) is 0 Å². The van der Waals surface area contributed by atoms with Crippen LogP contribution in [0.25, 0.3) is 0 Å². The maximum Gasteiger partial charge on any atom is 0.226 e. The fourth-order valence-electron chi connectivity index (χ4n) is 2.80. The number of hydrogen-bond acceptors (Lipinski definition) is 3. The topological polar surface area (TPSA) is 64.3 Å². The van der Waals surface area contributed by atoms with Gasteiger partial charge in [0.15, 0.2) is 0 Å². The number of nitrogens with two attached hydrogens (primary N) is 1. The molecule has 21 heavy (non-hydrogen) atoms. The van der Waals surface area contributed by atoms with Gasteiger partial charge >= 0.3 is 0 Å². The van der Waals surface area contributed by atoms with Crippen molar-refractivity contribution < 1.29 is 9.53 Å². The third-order valence-corrected chi connectivity index (χ3v) is 4.04. The fourth-order valence-corrected chi connectivity index (χ4v) is 2.80. The first-order valence-electron chi connectivity index (χ1n) is 7.88. The van der Waals surface area contributed by atoms with Crippen molar-refractivity contribution in [1.29, 1.82) is 0 Å². The van der Waals surface area contributed by atoms with Crippen LogP contribution in [0.4, 0.5) is 5.69 Å². The van der Waals surface area contributed by atoms with Gasteiger partial charge in [-0.05, 0) is 36.5 Å². The van der Waals surface area contributed by atoms with E-state index < -0.39 is 0 Å². The Morgan fingerprint density at radius 1 is 1.33 bits per heavy atom. The third kappa shape index (κ3) is 5.48. The van der Waals surface area contributed by atoms with Gasteiger partial charge < -0.3 is 15.8 Å². The molecule has 2 unspecified atom stereocenters. The fraction of sp³-hybridized carbons (Fsp3) is 0.588. The summed E-state index contributed by atoms with van der Waals surface area (Å²) in [4.78, 5) is 11.9. The number of carbonyl (C=O) groups is 1. The summed E-state index contributed by atoms with van der Waals surface area (Å²) in [6, 6.07) is 7.61. The van der Waals surface area contributed by atoms with Gasteiger partial charge in [-0.1, -0.05) is 31.9 Å². The predicted octanol–water partition coefficient (Wildman–Crippen LogP) is 3.07. The van der Waals surface area contributed by atoms with Crippen LogP contribution in [-0.4, -0.2) is 18.6 Å². The average Bonchev–Trinajstić information content (AvgIpc) is 2.48. The number of benzene rings is 1. The second kappa shape index (κ2) is 8.15. The summed E-state index contributed by atoms with van der Waals surface area (Å²) in [6.07, 6.45) is 5.55. The maximum absolute atomic E-state index is 11.9. The molecule has 1 aromatic rings. The zero-order valence-corrected chi connectivity index (χ0v) is 12.8. The van der Waals surface area contributed by atoms with Gasteiger partial charge in [0.25, 0.3) is 0 Å². The minimum absolute atomic E-state index is 0.000596. The highest BCUT2D eigenvalue weighted by molar-refractivity contribution is 5.90. The number of rotatable bonds is 6. The van der Waals surface area contributed by atoms with E-state index in [1.54, 1.807) is 0 Å². The van der Waals surface area contributed by atoms with E-state index in [1.165, 1.54) is 12.8 Å². The van der Waals surface area contributed by atoms with Gasteiger partial charge in [-0.15, -0.1) is 0 Å². The third-order valence-electron chi connectivity index (χ3n) is 4.04. The first-order valence-corrected chi connectivity index (χ1v) is 7.88. The zero-order valence-electron chi connectivity index (χ0n) is 12.8. The molecular formula is C17H26N2O2. The Labute approximate surface area is 127 Å². The molecule has 4 nitrogen and oxygen atoms in total. The van der Waals surface area contributed by atoms with Crippen molar-refractivity contribution in [3.63, 3.8) is 0 Å². The number of carbonyl (C=O) groups excluding carboxylic acids is 1. The average molecular weight is 290 g/mol. The molecule has 116 valence electrons. The van der Waals surface area contributed by atoms with Crippen molar-refractivity contribution in [2.45, 2.75) is 51.7 Å². The van der Waals surface area contributed by atoms with Gasteiger partial charge in [-0.2, -0.15) is 0 Å². The quantitative estimate of drug-likeness (QED) is 0.846. The van der Waals surface area contributed by atoms with Gasteiger partial charge in [0.05, 0.1) is 19.1 Å². The molecule has 1 saturated carbocycles. The largest absolute Gasteiger partial charge is 0.378 e. The van der Waals surface area contributed by atoms with Crippen LogP contribution in [0, 0.1) is 5.92 Å². The monoisotopic (exact) mass is 290 g/mol. The van der Waals surface area contributed by atoms with Crippen LogP contribution in [0.2, 0.25) is 0 Å². The summed E-state index contributed by atoms with van der Waals surface area (Å²) in [5, 5.41) is 2.88. The molecule has 2 atom stereocenters. The van der Waals surface area contributed by atoms with Gasteiger partial charge in [0.1, 0.15) is 0 Å². The van der Waals surface area contributed by atoms with Gasteiger partial charge in [0, 0.05) is 12.2 Å². The lowest BCUT2D eigenvalue weighted by Gasteiger charge is -2.26. The van der Waals surface area contributed by atoms with Crippen LogP contribution < -0.4 is 11.1 Å². The predicted molar refractivity (Wildman–Crippen MR) is 85.0 cm³/mol. The molecule has 1 aromatic carbocycles. The van der Waals surface area contributed by atoms with Crippen LogP contribution in [0.3, 0.4) is 0 Å². The van der Waals surface area contributed by atoms with Crippen LogP contribution >= 0.6 is 0 Å². The number of amides is 1. The van der Waals surface area contributed by atoms with Gasteiger partial charge in [-0.3, -0.25) is 4.79 Å². The molecule has 1 amide bonds. The number of hydrogen-bond donors (Lipinski definition) is 2. The lowest BCUT2D eigenvalue weighted by atomic mass is 9.89. The Morgan fingerprint density at radius 2 is 2.10 bits per heavy atom. The molecule has 1 fully saturated rings. The summed E-state index contributed by atoms with van der Waals surface area (Å²) in [7, 11) is 0. The highest BCUT2D eigenvalue weighted by Gasteiger charge is 2.19. The molecule has 0 saturated heterocycles. The van der Waals surface area contributed by atoms with Crippen LogP contribution in [-0.2, 0) is 16.1 Å². The number of ether oxygens (including phenoxy) is 1. The van der Waals surface area contributed by atoms with E-state index in [9.17, 15) is 4.79 Å². The molecule has 0 heterocycles. The molecule has 4 heteroatoms. The first-order chi connectivity index (χ1) is 10.2. The second-order valence-corrected chi connectivity index (χ2v) is 5.96. The van der Waals surface area contributed by atoms with Crippen molar-refractivity contribution in [2.24, 2.45) is 11.7 Å². The van der Waals surface area contributed by atoms with Crippen LogP contribution in [0.15, 0.2) is 24.3 Å². The lowest BCUT2D eigenvalue weighted by molar-refractivity contribution is -0.117. The summed E-state index contributed by atoms with van der Waals surface area (Å²) in [6.45, 7) is 3.29. The molecule has 0 aromatic heterocycles. The highest BCUT2D eigenvalue weighted by Crippen LogP contribution is 2.25. The highest BCUT2D eigenvalue weighted by atomic mass is 16.5. The Morgan fingerprint density at radius 3 is 2.76 bits per heavy atom. The van der Waals surface area contributed by atoms with Crippen molar-refractivity contribution in [2.75, 3.05) is 11.9 Å². The number of anilines is 1. The summed E-state index contributed by atoms with van der Waals surface area (Å²) in [5.74, 6) is 0.748. The summed E-state index contributed by atoms with van der Waals surface area (Å²) < 4.78 is 5.82. The normalized spacial score (nSPS) is 22.0. The molecule has 0 spiro atoms. The molecule has 1 aliphatic rings. The lowest BCUT2D eigenvalue weighted by Crippen LogP contribution is -2.23. The maximum atomic E-state index is 11.9. The van der Waals surface area contributed by atoms with Crippen LogP contribution in [0.1, 0.15) is 44.6 Å². The minimum Gasteiger partial charge on any atom is -0.378 e. The molecule has 0 radical (unpaired) electrons. The first kappa shape index (κ1) is 16.0. The van der Waals surface area contributed by atoms with Crippen molar-refractivity contribution >= 4 is 11.6 Å².